The molecule has 0 saturated carbocycles. The van der Waals surface area contributed by atoms with Crippen molar-refractivity contribution in [3.63, 3.8) is 0 Å². The fourth-order valence-electron chi connectivity index (χ4n) is 5.03. The van der Waals surface area contributed by atoms with Crippen LogP contribution in [0.15, 0.2) is 72.9 Å². The van der Waals surface area contributed by atoms with Gasteiger partial charge >= 0.3 is 5.97 Å². The third-order valence-electron chi connectivity index (χ3n) is 6.84. The number of carboxylic acid groups (broad SMARTS) is 1. The summed E-state index contributed by atoms with van der Waals surface area (Å²) in [4.78, 5) is 11.0. The van der Waals surface area contributed by atoms with Gasteiger partial charge in [-0.2, -0.15) is 5.10 Å². The first kappa shape index (κ1) is 26.2. The summed E-state index contributed by atoms with van der Waals surface area (Å²) >= 11 is 12.9. The van der Waals surface area contributed by atoms with Crippen LogP contribution in [0.1, 0.15) is 61.1 Å². The minimum absolute atomic E-state index is 0.0346. The zero-order chi connectivity index (χ0) is 26.6. The van der Waals surface area contributed by atoms with Gasteiger partial charge in [-0.05, 0) is 89.4 Å². The molecule has 5 nitrogen and oxygen atoms in total. The van der Waals surface area contributed by atoms with Gasteiger partial charge in [0.1, 0.15) is 0 Å². The number of allylic oxidation sites excluding steroid dienone is 1. The average molecular weight is 547 g/mol. The number of carboxylic acids is 1. The van der Waals surface area contributed by atoms with Crippen molar-refractivity contribution in [1.29, 1.82) is 0 Å². The van der Waals surface area contributed by atoms with Gasteiger partial charge in [0, 0.05) is 28.1 Å². The van der Waals surface area contributed by atoms with E-state index in [1.165, 1.54) is 0 Å². The van der Waals surface area contributed by atoms with Crippen molar-refractivity contribution in [1.82, 2.24) is 9.78 Å². The van der Waals surface area contributed by atoms with Gasteiger partial charge in [-0.25, -0.2) is 9.48 Å². The van der Waals surface area contributed by atoms with Gasteiger partial charge in [0.15, 0.2) is 6.23 Å². The van der Waals surface area contributed by atoms with E-state index in [1.54, 1.807) is 12.1 Å². The van der Waals surface area contributed by atoms with Crippen LogP contribution in [0.25, 0.3) is 28.1 Å². The molecule has 0 bridgehead atoms. The van der Waals surface area contributed by atoms with Crippen LogP contribution < -0.4 is 0 Å². The Balaban J connectivity index is 1.65. The molecule has 4 aromatic rings. The van der Waals surface area contributed by atoms with Gasteiger partial charge in [0.25, 0.3) is 0 Å². The van der Waals surface area contributed by atoms with Gasteiger partial charge in [-0.15, -0.1) is 0 Å². The Kier molecular flexibility index (Phi) is 7.98. The lowest BCUT2D eigenvalue weighted by molar-refractivity contribution is -0.131. The van der Waals surface area contributed by atoms with Crippen LogP contribution in [0.5, 0.6) is 0 Å². The van der Waals surface area contributed by atoms with Gasteiger partial charge in [0.2, 0.25) is 0 Å². The Morgan fingerprint density at radius 2 is 1.87 bits per heavy atom. The molecular formula is C31H28Cl2N2O3. The molecule has 5 rings (SSSR count). The zero-order valence-corrected chi connectivity index (χ0v) is 22.5. The largest absolute Gasteiger partial charge is 0.478 e. The summed E-state index contributed by atoms with van der Waals surface area (Å²) in [6, 6.07) is 19.8. The Morgan fingerprint density at radius 3 is 2.55 bits per heavy atom. The first-order valence-electron chi connectivity index (χ1n) is 12.7. The first-order valence-corrected chi connectivity index (χ1v) is 13.5. The third kappa shape index (κ3) is 5.56. The van der Waals surface area contributed by atoms with E-state index in [2.05, 4.69) is 30.2 Å². The molecule has 0 radical (unpaired) electrons. The van der Waals surface area contributed by atoms with Gasteiger partial charge in [-0.1, -0.05) is 66.5 Å². The number of halogens is 2. The minimum Gasteiger partial charge on any atom is -0.478 e. The van der Waals surface area contributed by atoms with Crippen molar-refractivity contribution < 1.29 is 14.6 Å². The van der Waals surface area contributed by atoms with E-state index in [0.29, 0.717) is 10.0 Å². The van der Waals surface area contributed by atoms with Crippen LogP contribution in [0, 0.1) is 0 Å². The fraction of sp³-hybridized carbons (Fsp3) is 0.226. The number of aliphatic carboxylic acids is 1. The predicted molar refractivity (Wildman–Crippen MR) is 154 cm³/mol. The van der Waals surface area contributed by atoms with Crippen molar-refractivity contribution in [2.45, 2.75) is 38.8 Å². The lowest BCUT2D eigenvalue weighted by Gasteiger charge is -2.23. The average Bonchev–Trinajstić information content (AvgIpc) is 3.35. The summed E-state index contributed by atoms with van der Waals surface area (Å²) < 4.78 is 7.97. The number of fused-ring (bicyclic) bond motifs is 1. The minimum atomic E-state index is -0.979. The predicted octanol–water partition coefficient (Wildman–Crippen LogP) is 8.51. The van der Waals surface area contributed by atoms with E-state index >= 15 is 0 Å². The molecule has 1 atom stereocenters. The quantitative estimate of drug-likeness (QED) is 0.186. The molecule has 1 aromatic heterocycles. The van der Waals surface area contributed by atoms with E-state index in [-0.39, 0.29) is 6.23 Å². The molecule has 1 aliphatic rings. The van der Waals surface area contributed by atoms with Crippen LogP contribution in [-0.4, -0.2) is 27.5 Å². The molecule has 0 amide bonds. The Labute approximate surface area is 232 Å². The second-order valence-corrected chi connectivity index (χ2v) is 10.2. The van der Waals surface area contributed by atoms with Crippen LogP contribution >= 0.6 is 23.2 Å². The number of ether oxygens (including phenoxy) is 1. The van der Waals surface area contributed by atoms with Crippen molar-refractivity contribution in [3.05, 3.63) is 105 Å². The standard InChI is InChI=1S/C31H28Cl2N2O3/c1-2-25(26-13-12-24(32)18-27(26)33)31(21-9-6-20(7-10-21)8-15-30(36)37)22-11-14-28-23(17-22)19-34-35(28)29-5-3-4-16-38-29/h6-15,17-19,29H,2-5,16H2,1H3,(H,36,37)/b15-8?,31-25-. The lowest BCUT2D eigenvalue weighted by Crippen LogP contribution is -2.18. The number of benzene rings is 3. The highest BCUT2D eigenvalue weighted by Gasteiger charge is 2.20. The second-order valence-electron chi connectivity index (χ2n) is 9.31. The molecule has 38 heavy (non-hydrogen) atoms. The molecule has 0 aliphatic carbocycles. The Morgan fingerprint density at radius 1 is 1.08 bits per heavy atom. The lowest BCUT2D eigenvalue weighted by atomic mass is 9.87. The maximum atomic E-state index is 11.0. The molecule has 1 saturated heterocycles. The molecule has 1 N–H and O–H groups in total. The van der Waals surface area contributed by atoms with Crippen LogP contribution in [-0.2, 0) is 9.53 Å². The summed E-state index contributed by atoms with van der Waals surface area (Å²) in [5.74, 6) is -0.979. The summed E-state index contributed by atoms with van der Waals surface area (Å²) in [6.45, 7) is 2.87. The van der Waals surface area contributed by atoms with E-state index in [9.17, 15) is 4.79 Å². The van der Waals surface area contributed by atoms with Crippen LogP contribution in [0.4, 0.5) is 0 Å². The molecular weight excluding hydrogens is 519 g/mol. The number of carbonyl (C=O) groups is 1. The fourth-order valence-corrected chi connectivity index (χ4v) is 5.56. The van der Waals surface area contributed by atoms with Gasteiger partial charge in [-0.3, -0.25) is 0 Å². The van der Waals surface area contributed by atoms with Crippen molar-refractivity contribution in [2.24, 2.45) is 0 Å². The zero-order valence-electron chi connectivity index (χ0n) is 21.0. The van der Waals surface area contributed by atoms with Gasteiger partial charge < -0.3 is 9.84 Å². The molecule has 1 aliphatic heterocycles. The summed E-state index contributed by atoms with van der Waals surface area (Å²) in [5.41, 5.74) is 6.95. The SMILES string of the molecule is CC/C(=C(\c1ccc(C=CC(=O)O)cc1)c1ccc2c(cnn2C2CCCCO2)c1)c1ccc(Cl)cc1Cl. The normalized spacial score (nSPS) is 16.7. The van der Waals surface area contributed by atoms with E-state index in [4.69, 9.17) is 33.0 Å². The first-order chi connectivity index (χ1) is 18.4. The molecule has 2 heterocycles. The van der Waals surface area contributed by atoms with Crippen LogP contribution in [0.2, 0.25) is 10.0 Å². The molecule has 194 valence electrons. The highest BCUT2D eigenvalue weighted by atomic mass is 35.5. The number of hydrogen-bond donors (Lipinski definition) is 1. The monoisotopic (exact) mass is 546 g/mol. The van der Waals surface area contributed by atoms with E-state index < -0.39 is 5.97 Å². The highest BCUT2D eigenvalue weighted by molar-refractivity contribution is 6.36. The summed E-state index contributed by atoms with van der Waals surface area (Å²) in [7, 11) is 0. The van der Waals surface area contributed by atoms with Gasteiger partial charge in [0.05, 0.1) is 11.7 Å². The topological polar surface area (TPSA) is 64.3 Å². The molecule has 0 spiro atoms. The van der Waals surface area contributed by atoms with E-state index in [0.717, 1.165) is 82.7 Å². The van der Waals surface area contributed by atoms with Crippen molar-refractivity contribution in [3.8, 4) is 0 Å². The number of rotatable bonds is 7. The third-order valence-corrected chi connectivity index (χ3v) is 7.39. The number of nitrogens with zero attached hydrogens (tertiary/aromatic N) is 2. The smallest absolute Gasteiger partial charge is 0.328 e. The maximum Gasteiger partial charge on any atom is 0.328 e. The Hall–Kier alpha value is -3.38. The van der Waals surface area contributed by atoms with E-state index in [1.807, 2.05) is 47.3 Å². The summed E-state index contributed by atoms with van der Waals surface area (Å²) in [6.07, 6.45) is 8.51. The molecule has 1 unspecified atom stereocenters. The number of aromatic nitrogens is 2. The van der Waals surface area contributed by atoms with Crippen molar-refractivity contribution >= 4 is 57.3 Å². The molecule has 7 heteroatoms. The van der Waals surface area contributed by atoms with Crippen LogP contribution in [0.3, 0.4) is 0 Å². The number of hydrogen-bond acceptors (Lipinski definition) is 3. The maximum absolute atomic E-state index is 11.0. The summed E-state index contributed by atoms with van der Waals surface area (Å²) in [5, 5.41) is 15.9. The second kappa shape index (κ2) is 11.6. The highest BCUT2D eigenvalue weighted by Crippen LogP contribution is 2.39. The molecule has 3 aromatic carbocycles. The van der Waals surface area contributed by atoms with Crippen molar-refractivity contribution in [2.75, 3.05) is 6.61 Å². The molecule has 1 fully saturated rings. The Bertz CT molecular complexity index is 1530.